The fourth-order valence-corrected chi connectivity index (χ4v) is 2.85. The van der Waals surface area contributed by atoms with Crippen LogP contribution in [0.25, 0.3) is 10.9 Å². The number of nitrogens with one attached hydrogen (secondary N) is 1. The standard InChI is InChI=1S/C21H16N2O4/c1-23-17-6-3-2-5-14(17)13-18(23)21(25)27-16-10-8-15(9-11-16)22-20(24)19-7-4-12-26-19/h2-13H,1H3,(H,22,24). The number of fused-ring (bicyclic) bond motifs is 1. The van der Waals surface area contributed by atoms with Crippen molar-refractivity contribution in [2.75, 3.05) is 5.32 Å². The van der Waals surface area contributed by atoms with E-state index in [2.05, 4.69) is 5.32 Å². The topological polar surface area (TPSA) is 73.5 Å². The first kappa shape index (κ1) is 16.7. The van der Waals surface area contributed by atoms with Gasteiger partial charge in [-0.05, 0) is 48.5 Å². The molecule has 4 aromatic rings. The second-order valence-corrected chi connectivity index (χ2v) is 5.99. The van der Waals surface area contributed by atoms with Gasteiger partial charge in [0.2, 0.25) is 0 Å². The van der Waals surface area contributed by atoms with Crippen molar-refractivity contribution in [3.63, 3.8) is 0 Å². The molecule has 1 amide bonds. The van der Waals surface area contributed by atoms with Gasteiger partial charge in [-0.3, -0.25) is 4.79 Å². The van der Waals surface area contributed by atoms with E-state index in [1.54, 1.807) is 47.0 Å². The van der Waals surface area contributed by atoms with Crippen LogP contribution in [0.5, 0.6) is 5.75 Å². The van der Waals surface area contributed by atoms with Crippen LogP contribution in [0, 0.1) is 0 Å². The predicted octanol–water partition coefficient (Wildman–Crippen LogP) is 4.24. The molecule has 0 atom stereocenters. The number of esters is 1. The van der Waals surface area contributed by atoms with E-state index >= 15 is 0 Å². The zero-order valence-corrected chi connectivity index (χ0v) is 14.5. The minimum atomic E-state index is -0.443. The van der Waals surface area contributed by atoms with Gasteiger partial charge in [-0.15, -0.1) is 0 Å². The molecular formula is C21H16N2O4. The van der Waals surface area contributed by atoms with Crippen molar-refractivity contribution in [1.82, 2.24) is 4.57 Å². The molecule has 27 heavy (non-hydrogen) atoms. The van der Waals surface area contributed by atoms with Gasteiger partial charge in [0.15, 0.2) is 5.76 Å². The zero-order valence-electron chi connectivity index (χ0n) is 14.5. The number of para-hydroxylation sites is 1. The SMILES string of the molecule is Cn1c(C(=O)Oc2ccc(NC(=O)c3ccco3)cc2)cc2ccccc21. The maximum atomic E-state index is 12.5. The van der Waals surface area contributed by atoms with Gasteiger partial charge in [-0.1, -0.05) is 18.2 Å². The summed E-state index contributed by atoms with van der Waals surface area (Å²) < 4.78 is 12.3. The van der Waals surface area contributed by atoms with Crippen LogP contribution >= 0.6 is 0 Å². The highest BCUT2D eigenvalue weighted by atomic mass is 16.5. The molecule has 0 fully saturated rings. The molecule has 0 unspecified atom stereocenters. The van der Waals surface area contributed by atoms with Crippen LogP contribution in [-0.4, -0.2) is 16.4 Å². The van der Waals surface area contributed by atoms with Crippen molar-refractivity contribution in [2.24, 2.45) is 7.05 Å². The second-order valence-electron chi connectivity index (χ2n) is 5.99. The first-order chi connectivity index (χ1) is 13.1. The molecule has 0 aliphatic carbocycles. The number of hydrogen-bond donors (Lipinski definition) is 1. The minimum absolute atomic E-state index is 0.223. The number of nitrogens with zero attached hydrogens (tertiary/aromatic N) is 1. The summed E-state index contributed by atoms with van der Waals surface area (Å²) in [6.07, 6.45) is 1.43. The third kappa shape index (κ3) is 3.32. The maximum absolute atomic E-state index is 12.5. The number of carbonyl (C=O) groups is 2. The second kappa shape index (κ2) is 6.84. The zero-order chi connectivity index (χ0) is 18.8. The molecule has 4 rings (SSSR count). The molecule has 0 saturated heterocycles. The van der Waals surface area contributed by atoms with Crippen LogP contribution in [0.4, 0.5) is 5.69 Å². The average molecular weight is 360 g/mol. The number of benzene rings is 2. The number of aromatic nitrogens is 1. The Morgan fingerprint density at radius 2 is 1.78 bits per heavy atom. The molecule has 0 radical (unpaired) electrons. The Hall–Kier alpha value is -3.80. The molecule has 0 spiro atoms. The highest BCUT2D eigenvalue weighted by Gasteiger charge is 2.15. The minimum Gasteiger partial charge on any atom is -0.459 e. The summed E-state index contributed by atoms with van der Waals surface area (Å²) in [5, 5.41) is 3.68. The van der Waals surface area contributed by atoms with Crippen LogP contribution < -0.4 is 10.1 Å². The molecule has 0 bridgehead atoms. The molecular weight excluding hydrogens is 344 g/mol. The number of aryl methyl sites for hydroxylation is 1. The Morgan fingerprint density at radius 3 is 2.48 bits per heavy atom. The lowest BCUT2D eigenvalue weighted by atomic mass is 10.2. The quantitative estimate of drug-likeness (QED) is 0.436. The van der Waals surface area contributed by atoms with E-state index < -0.39 is 5.97 Å². The summed E-state index contributed by atoms with van der Waals surface area (Å²) in [4.78, 5) is 24.5. The fraction of sp³-hybridized carbons (Fsp3) is 0.0476. The van der Waals surface area contributed by atoms with Crippen LogP contribution in [-0.2, 0) is 7.05 Å². The molecule has 0 aliphatic rings. The third-order valence-corrected chi connectivity index (χ3v) is 4.23. The molecule has 134 valence electrons. The van der Waals surface area contributed by atoms with Crippen molar-refractivity contribution in [1.29, 1.82) is 0 Å². The Labute approximate surface area is 155 Å². The molecule has 0 aliphatic heterocycles. The molecule has 0 saturated carbocycles. The number of amides is 1. The lowest BCUT2D eigenvalue weighted by molar-refractivity contribution is 0.0725. The number of anilines is 1. The normalized spacial score (nSPS) is 10.7. The highest BCUT2D eigenvalue weighted by molar-refractivity contribution is 6.02. The number of rotatable bonds is 4. The molecule has 1 N–H and O–H groups in total. The van der Waals surface area contributed by atoms with E-state index in [0.717, 1.165) is 10.9 Å². The summed E-state index contributed by atoms with van der Waals surface area (Å²) >= 11 is 0. The largest absolute Gasteiger partial charge is 0.459 e. The van der Waals surface area contributed by atoms with Gasteiger partial charge in [0.1, 0.15) is 11.4 Å². The smallest absolute Gasteiger partial charge is 0.360 e. The van der Waals surface area contributed by atoms with E-state index in [1.165, 1.54) is 6.26 Å². The summed E-state index contributed by atoms with van der Waals surface area (Å²) in [6, 6.07) is 19.3. The first-order valence-electron chi connectivity index (χ1n) is 8.33. The van der Waals surface area contributed by atoms with Crippen LogP contribution in [0.3, 0.4) is 0 Å². The van der Waals surface area contributed by atoms with E-state index in [0.29, 0.717) is 17.1 Å². The Morgan fingerprint density at radius 1 is 1.00 bits per heavy atom. The molecule has 6 heteroatoms. The molecule has 2 aromatic carbocycles. The summed E-state index contributed by atoms with van der Waals surface area (Å²) in [7, 11) is 1.83. The number of ether oxygens (including phenoxy) is 1. The number of carbonyl (C=O) groups excluding carboxylic acids is 2. The number of hydrogen-bond acceptors (Lipinski definition) is 4. The van der Waals surface area contributed by atoms with Crippen molar-refractivity contribution in [2.45, 2.75) is 0 Å². The van der Waals surface area contributed by atoms with E-state index in [4.69, 9.17) is 9.15 Å². The average Bonchev–Trinajstić information content (AvgIpc) is 3.32. The fourth-order valence-electron chi connectivity index (χ4n) is 2.85. The van der Waals surface area contributed by atoms with Gasteiger partial charge < -0.3 is 19.0 Å². The van der Waals surface area contributed by atoms with Gasteiger partial charge >= 0.3 is 5.97 Å². The van der Waals surface area contributed by atoms with Gasteiger partial charge in [0, 0.05) is 23.6 Å². The Kier molecular flexibility index (Phi) is 4.22. The Balaban J connectivity index is 1.47. The molecule has 6 nitrogen and oxygen atoms in total. The lowest BCUT2D eigenvalue weighted by Crippen LogP contribution is -2.13. The number of furan rings is 1. The van der Waals surface area contributed by atoms with E-state index in [9.17, 15) is 9.59 Å². The van der Waals surface area contributed by atoms with Crippen LogP contribution in [0.15, 0.2) is 77.4 Å². The van der Waals surface area contributed by atoms with Crippen molar-refractivity contribution in [3.8, 4) is 5.75 Å². The van der Waals surface area contributed by atoms with Crippen LogP contribution in [0.2, 0.25) is 0 Å². The van der Waals surface area contributed by atoms with Gasteiger partial charge in [-0.25, -0.2) is 4.79 Å². The van der Waals surface area contributed by atoms with Crippen molar-refractivity contribution in [3.05, 3.63) is 84.4 Å². The van der Waals surface area contributed by atoms with E-state index in [-0.39, 0.29) is 11.7 Å². The third-order valence-electron chi connectivity index (χ3n) is 4.23. The Bertz CT molecular complexity index is 1110. The summed E-state index contributed by atoms with van der Waals surface area (Å²) in [6.45, 7) is 0. The summed E-state index contributed by atoms with van der Waals surface area (Å²) in [5.41, 5.74) is 1.99. The monoisotopic (exact) mass is 360 g/mol. The molecule has 2 aromatic heterocycles. The van der Waals surface area contributed by atoms with Crippen LogP contribution in [0.1, 0.15) is 21.0 Å². The van der Waals surface area contributed by atoms with Crippen molar-refractivity contribution >= 4 is 28.5 Å². The van der Waals surface area contributed by atoms with Gasteiger partial charge in [-0.2, -0.15) is 0 Å². The maximum Gasteiger partial charge on any atom is 0.360 e. The molecule has 2 heterocycles. The summed E-state index contributed by atoms with van der Waals surface area (Å²) in [5.74, 6) is -0.177. The van der Waals surface area contributed by atoms with E-state index in [1.807, 2.05) is 31.3 Å². The van der Waals surface area contributed by atoms with Gasteiger partial charge in [0.05, 0.1) is 6.26 Å². The first-order valence-corrected chi connectivity index (χ1v) is 8.33. The van der Waals surface area contributed by atoms with Gasteiger partial charge in [0.25, 0.3) is 5.91 Å². The highest BCUT2D eigenvalue weighted by Crippen LogP contribution is 2.21. The lowest BCUT2D eigenvalue weighted by Gasteiger charge is -2.07. The van der Waals surface area contributed by atoms with Crippen molar-refractivity contribution < 1.29 is 18.7 Å². The predicted molar refractivity (Wildman–Crippen MR) is 101 cm³/mol.